The van der Waals surface area contributed by atoms with Crippen molar-refractivity contribution in [3.05, 3.63) is 96.6 Å². The van der Waals surface area contributed by atoms with Gasteiger partial charge in [0, 0.05) is 11.1 Å². The molecule has 3 aromatic rings. The largest absolute Gasteiger partial charge is 0.299 e. The van der Waals surface area contributed by atoms with E-state index in [1.165, 1.54) is 0 Å². The fraction of sp³-hybridized carbons (Fsp3) is 0.276. The number of allylic oxidation sites excluding steroid dienone is 1. The van der Waals surface area contributed by atoms with Crippen molar-refractivity contribution in [2.75, 3.05) is 4.72 Å². The van der Waals surface area contributed by atoms with Crippen LogP contribution in [0.5, 0.6) is 0 Å². The molecule has 0 saturated heterocycles. The molecule has 1 N–H and O–H groups in total. The van der Waals surface area contributed by atoms with Gasteiger partial charge in [-0.2, -0.15) is 0 Å². The Morgan fingerprint density at radius 2 is 1.59 bits per heavy atom. The van der Waals surface area contributed by atoms with E-state index in [0.29, 0.717) is 18.0 Å². The molecule has 0 aliphatic heterocycles. The van der Waals surface area contributed by atoms with Crippen LogP contribution in [0.25, 0.3) is 11.1 Å². The lowest BCUT2D eigenvalue weighted by Gasteiger charge is -2.32. The third-order valence-corrected chi connectivity index (χ3v) is 8.47. The molecule has 0 spiro atoms. The minimum Gasteiger partial charge on any atom is -0.299 e. The second-order valence-electron chi connectivity index (χ2n) is 9.32. The first-order chi connectivity index (χ1) is 16.2. The van der Waals surface area contributed by atoms with Crippen LogP contribution in [0.4, 0.5) is 5.69 Å². The van der Waals surface area contributed by atoms with E-state index in [-0.39, 0.29) is 10.7 Å². The number of nitrogens with one attached hydrogen (secondary N) is 1. The predicted molar refractivity (Wildman–Crippen MR) is 138 cm³/mol. The summed E-state index contributed by atoms with van der Waals surface area (Å²) in [5, 5.41) is 0. The number of carbonyl (C=O) groups excluding carboxylic acids is 1. The third-order valence-electron chi connectivity index (χ3n) is 7.07. The first kappa shape index (κ1) is 24.0. The first-order valence-corrected chi connectivity index (χ1v) is 13.2. The topological polar surface area (TPSA) is 63.2 Å². The molecule has 0 heterocycles. The van der Waals surface area contributed by atoms with Crippen LogP contribution >= 0.6 is 0 Å². The summed E-state index contributed by atoms with van der Waals surface area (Å²) in [5.41, 5.74) is 4.25. The highest BCUT2D eigenvalue weighted by Gasteiger charge is 2.47. The van der Waals surface area contributed by atoms with Gasteiger partial charge in [0.05, 0.1) is 4.90 Å². The Kier molecular flexibility index (Phi) is 6.76. The van der Waals surface area contributed by atoms with E-state index >= 15 is 0 Å². The average molecular weight is 474 g/mol. The molecular weight excluding hydrogens is 442 g/mol. The third kappa shape index (κ3) is 4.85. The number of hydrogen-bond acceptors (Lipinski definition) is 3. The van der Waals surface area contributed by atoms with Crippen LogP contribution in [0.3, 0.4) is 0 Å². The zero-order chi connectivity index (χ0) is 24.3. The van der Waals surface area contributed by atoms with Crippen molar-refractivity contribution in [1.82, 2.24) is 0 Å². The molecule has 1 saturated carbocycles. The van der Waals surface area contributed by atoms with Gasteiger partial charge >= 0.3 is 0 Å². The Morgan fingerprint density at radius 1 is 0.971 bits per heavy atom. The first-order valence-electron chi connectivity index (χ1n) is 11.7. The summed E-state index contributed by atoms with van der Waals surface area (Å²) in [6.07, 6.45) is 3.22. The number of carbonyl (C=O) groups is 1. The van der Waals surface area contributed by atoms with Gasteiger partial charge in [0.1, 0.15) is 5.78 Å². The maximum atomic E-state index is 12.9. The number of ketones is 1. The van der Waals surface area contributed by atoms with Crippen molar-refractivity contribution in [1.29, 1.82) is 0 Å². The van der Waals surface area contributed by atoms with Crippen molar-refractivity contribution >= 4 is 21.5 Å². The Balaban J connectivity index is 1.49. The van der Waals surface area contributed by atoms with Crippen LogP contribution in [0.15, 0.2) is 95.9 Å². The molecule has 2 atom stereocenters. The lowest BCUT2D eigenvalue weighted by Crippen LogP contribution is -2.35. The van der Waals surface area contributed by atoms with Crippen LogP contribution in [-0.4, -0.2) is 14.2 Å². The van der Waals surface area contributed by atoms with E-state index < -0.39 is 15.4 Å². The van der Waals surface area contributed by atoms with Crippen LogP contribution in [0, 0.1) is 11.3 Å². The molecule has 0 amide bonds. The lowest BCUT2D eigenvalue weighted by molar-refractivity contribution is -0.128. The normalized spacial score (nSPS) is 20.3. The van der Waals surface area contributed by atoms with E-state index in [0.717, 1.165) is 41.5 Å². The smallest absolute Gasteiger partial charge is 0.261 e. The SMILES string of the molecule is C=C1CC(CC)C(Cc2ccc(NS(=O)(=O)c3ccc(-c4ccccc4)cc3)cc2)(C(C)=O)C1. The fourth-order valence-electron chi connectivity index (χ4n) is 5.21. The molecule has 3 aromatic carbocycles. The highest BCUT2D eigenvalue weighted by Crippen LogP contribution is 2.50. The minimum atomic E-state index is -3.71. The van der Waals surface area contributed by atoms with E-state index in [1.807, 2.05) is 54.6 Å². The van der Waals surface area contributed by atoms with Gasteiger partial charge in [0.2, 0.25) is 0 Å². The number of rotatable bonds is 8. The maximum Gasteiger partial charge on any atom is 0.261 e. The molecule has 4 nitrogen and oxygen atoms in total. The summed E-state index contributed by atoms with van der Waals surface area (Å²) in [6, 6.07) is 24.1. The van der Waals surface area contributed by atoms with Gasteiger partial charge in [-0.3, -0.25) is 9.52 Å². The zero-order valence-electron chi connectivity index (χ0n) is 19.8. The Morgan fingerprint density at radius 3 is 2.18 bits per heavy atom. The molecule has 0 aromatic heterocycles. The summed E-state index contributed by atoms with van der Waals surface area (Å²) in [4.78, 5) is 12.9. The Labute approximate surface area is 202 Å². The number of sulfonamides is 1. The molecule has 5 heteroatoms. The monoisotopic (exact) mass is 473 g/mol. The molecule has 1 fully saturated rings. The fourth-order valence-corrected chi connectivity index (χ4v) is 6.27. The van der Waals surface area contributed by atoms with Crippen LogP contribution in [0.2, 0.25) is 0 Å². The molecule has 1 aliphatic rings. The molecule has 176 valence electrons. The predicted octanol–water partition coefficient (Wildman–Crippen LogP) is 6.65. The Hall–Kier alpha value is -3.18. The maximum absolute atomic E-state index is 12.9. The molecular formula is C29H31NO3S. The number of hydrogen-bond donors (Lipinski definition) is 1. The molecule has 34 heavy (non-hydrogen) atoms. The lowest BCUT2D eigenvalue weighted by atomic mass is 9.69. The van der Waals surface area contributed by atoms with Gasteiger partial charge in [-0.05, 0) is 73.1 Å². The highest BCUT2D eigenvalue weighted by atomic mass is 32.2. The number of benzene rings is 3. The standard InChI is InChI=1S/C29H31NO3S/c1-4-26-18-21(2)19-29(26,22(3)31)20-23-10-14-27(15-11-23)30-34(32,33)28-16-12-25(13-17-28)24-8-6-5-7-9-24/h5-17,26,30H,2,4,18-20H2,1,3H3. The van der Waals surface area contributed by atoms with Crippen LogP contribution in [0.1, 0.15) is 38.7 Å². The van der Waals surface area contributed by atoms with Gasteiger partial charge in [-0.15, -0.1) is 0 Å². The summed E-state index contributed by atoms with van der Waals surface area (Å²) < 4.78 is 28.5. The van der Waals surface area contributed by atoms with Crippen molar-refractivity contribution in [2.45, 2.75) is 44.4 Å². The van der Waals surface area contributed by atoms with Gasteiger partial charge in [-0.1, -0.05) is 80.1 Å². The van der Waals surface area contributed by atoms with E-state index in [1.54, 1.807) is 31.2 Å². The summed E-state index contributed by atoms with van der Waals surface area (Å²) in [5.74, 6) is 0.510. The van der Waals surface area contributed by atoms with E-state index in [9.17, 15) is 13.2 Å². The summed E-state index contributed by atoms with van der Waals surface area (Å²) >= 11 is 0. The molecule has 0 bridgehead atoms. The quantitative estimate of drug-likeness (QED) is 0.373. The van der Waals surface area contributed by atoms with Crippen LogP contribution < -0.4 is 4.72 Å². The molecule has 1 aliphatic carbocycles. The van der Waals surface area contributed by atoms with Crippen molar-refractivity contribution < 1.29 is 13.2 Å². The summed E-state index contributed by atoms with van der Waals surface area (Å²) in [6.45, 7) is 7.97. The Bertz CT molecular complexity index is 1280. The van der Waals surface area contributed by atoms with Crippen molar-refractivity contribution in [3.63, 3.8) is 0 Å². The second-order valence-corrected chi connectivity index (χ2v) is 11.0. The van der Waals surface area contributed by atoms with Gasteiger partial charge in [0.25, 0.3) is 10.0 Å². The van der Waals surface area contributed by atoms with E-state index in [2.05, 4.69) is 18.2 Å². The number of Topliss-reactive ketones (excluding diaryl/α,β-unsaturated/α-hetero) is 1. The molecule has 0 radical (unpaired) electrons. The molecule has 2 unspecified atom stereocenters. The summed E-state index contributed by atoms with van der Waals surface area (Å²) in [7, 11) is -3.71. The molecule has 4 rings (SSSR count). The second kappa shape index (κ2) is 9.59. The highest BCUT2D eigenvalue weighted by molar-refractivity contribution is 7.92. The average Bonchev–Trinajstić information content (AvgIpc) is 3.17. The van der Waals surface area contributed by atoms with Crippen molar-refractivity contribution in [2.24, 2.45) is 11.3 Å². The number of anilines is 1. The van der Waals surface area contributed by atoms with Gasteiger partial charge in [0.15, 0.2) is 0 Å². The van der Waals surface area contributed by atoms with Gasteiger partial charge < -0.3 is 0 Å². The van der Waals surface area contributed by atoms with Gasteiger partial charge in [-0.25, -0.2) is 8.42 Å². The minimum absolute atomic E-state index is 0.210. The van der Waals surface area contributed by atoms with Crippen molar-refractivity contribution in [3.8, 4) is 11.1 Å². The van der Waals surface area contributed by atoms with Crippen LogP contribution in [-0.2, 0) is 21.2 Å². The zero-order valence-corrected chi connectivity index (χ0v) is 20.6. The van der Waals surface area contributed by atoms with E-state index in [4.69, 9.17) is 0 Å².